The van der Waals surface area contributed by atoms with Gasteiger partial charge in [0.25, 0.3) is 11.8 Å². The molecular weight excluding hydrogens is 352 g/mol. The van der Waals surface area contributed by atoms with Gasteiger partial charge < -0.3 is 15.2 Å². The lowest BCUT2D eigenvalue weighted by Crippen LogP contribution is -2.54. The molecule has 0 saturated carbocycles. The van der Waals surface area contributed by atoms with Crippen LogP contribution in [-0.4, -0.2) is 52.1 Å². The third kappa shape index (κ3) is 4.21. The molecule has 1 aromatic rings. The average Bonchev–Trinajstić information content (AvgIpc) is 2.87. The number of rotatable bonds is 9. The zero-order valence-electron chi connectivity index (χ0n) is 15.2. The molecule has 1 unspecified atom stereocenters. The van der Waals surface area contributed by atoms with Crippen LogP contribution in [-0.2, 0) is 14.4 Å². The summed E-state index contributed by atoms with van der Waals surface area (Å²) in [6.45, 7) is 3.28. The van der Waals surface area contributed by atoms with Crippen LogP contribution in [0, 0.1) is 5.92 Å². The number of hydrogen-bond acceptors (Lipinski definition) is 5. The number of nitrogens with zero attached hydrogens (tertiary/aromatic N) is 1. The topological polar surface area (TPSA) is 121 Å². The van der Waals surface area contributed by atoms with Gasteiger partial charge in [-0.05, 0) is 30.9 Å². The third-order valence-electron chi connectivity index (χ3n) is 4.47. The molecule has 0 spiro atoms. The Bertz CT molecular complexity index is 738. The number of imide groups is 1. The van der Waals surface area contributed by atoms with Crippen molar-refractivity contribution in [2.75, 3.05) is 0 Å². The van der Waals surface area contributed by atoms with Crippen LogP contribution in [0.4, 0.5) is 0 Å². The highest BCUT2D eigenvalue weighted by Crippen LogP contribution is 2.26. The van der Waals surface area contributed by atoms with Crippen LogP contribution in [0.15, 0.2) is 24.3 Å². The summed E-state index contributed by atoms with van der Waals surface area (Å²) >= 11 is 0. The molecule has 1 aliphatic rings. The quantitative estimate of drug-likeness (QED) is 0.381. The van der Waals surface area contributed by atoms with Crippen molar-refractivity contribution in [2.45, 2.75) is 45.2 Å². The Morgan fingerprint density at radius 3 is 2.15 bits per heavy atom. The SMILES string of the molecule is CC(C)C(NC(=O)[C@H](CCCC=O)N1C(=O)c2ccccc2C1=O)C(=O)O. The van der Waals surface area contributed by atoms with Crippen molar-refractivity contribution in [1.29, 1.82) is 0 Å². The predicted molar refractivity (Wildman–Crippen MR) is 95.0 cm³/mol. The average molecular weight is 374 g/mol. The Morgan fingerprint density at radius 2 is 1.70 bits per heavy atom. The highest BCUT2D eigenvalue weighted by atomic mass is 16.4. The number of carboxylic acid groups (broad SMARTS) is 1. The number of fused-ring (bicyclic) bond motifs is 1. The molecule has 27 heavy (non-hydrogen) atoms. The Kier molecular flexibility index (Phi) is 6.44. The first-order valence-corrected chi connectivity index (χ1v) is 8.73. The number of benzene rings is 1. The van der Waals surface area contributed by atoms with Gasteiger partial charge in [-0.2, -0.15) is 0 Å². The smallest absolute Gasteiger partial charge is 0.326 e. The Hall–Kier alpha value is -3.03. The van der Waals surface area contributed by atoms with Crippen molar-refractivity contribution >= 4 is 30.0 Å². The zero-order chi connectivity index (χ0) is 20.1. The first-order chi connectivity index (χ1) is 12.8. The van der Waals surface area contributed by atoms with E-state index in [1.165, 1.54) is 12.1 Å². The van der Waals surface area contributed by atoms with Crippen LogP contribution in [0.3, 0.4) is 0 Å². The minimum Gasteiger partial charge on any atom is -0.480 e. The summed E-state index contributed by atoms with van der Waals surface area (Å²) in [6, 6.07) is 3.91. The van der Waals surface area contributed by atoms with Crippen molar-refractivity contribution in [3.8, 4) is 0 Å². The molecule has 0 saturated heterocycles. The molecule has 0 aliphatic carbocycles. The monoisotopic (exact) mass is 374 g/mol. The molecule has 1 aromatic carbocycles. The molecule has 3 amide bonds. The van der Waals surface area contributed by atoms with Crippen LogP contribution in [0.25, 0.3) is 0 Å². The number of aliphatic carboxylic acids is 1. The molecular formula is C19H22N2O6. The number of nitrogens with one attached hydrogen (secondary N) is 1. The first kappa shape index (κ1) is 20.3. The fourth-order valence-corrected chi connectivity index (χ4v) is 3.03. The number of amides is 3. The minimum atomic E-state index is -1.20. The predicted octanol–water partition coefficient (Wildman–Crippen LogP) is 1.25. The summed E-state index contributed by atoms with van der Waals surface area (Å²) in [5, 5.41) is 11.7. The maximum Gasteiger partial charge on any atom is 0.326 e. The molecule has 8 nitrogen and oxygen atoms in total. The summed E-state index contributed by atoms with van der Waals surface area (Å²) in [5.74, 6) is -3.51. The zero-order valence-corrected chi connectivity index (χ0v) is 15.2. The van der Waals surface area contributed by atoms with E-state index in [1.807, 2.05) is 0 Å². The number of hydrogen-bond donors (Lipinski definition) is 2. The lowest BCUT2D eigenvalue weighted by atomic mass is 10.0. The standard InChI is InChI=1S/C19H22N2O6/c1-11(2)15(19(26)27)20-16(23)14(9-5-6-10-22)21-17(24)12-7-3-4-8-13(12)18(21)25/h3-4,7-8,10-11,14-15H,5-6,9H2,1-2H3,(H,20,23)(H,26,27)/t14-,15?/m0/s1. The lowest BCUT2D eigenvalue weighted by molar-refractivity contribution is -0.143. The fraction of sp³-hybridized carbons (Fsp3) is 0.421. The molecule has 1 heterocycles. The second-order valence-corrected chi connectivity index (χ2v) is 6.71. The fourth-order valence-electron chi connectivity index (χ4n) is 3.03. The van der Waals surface area contributed by atoms with E-state index in [1.54, 1.807) is 26.0 Å². The number of carbonyl (C=O) groups is 5. The van der Waals surface area contributed by atoms with E-state index in [-0.39, 0.29) is 36.3 Å². The second kappa shape index (κ2) is 8.57. The van der Waals surface area contributed by atoms with E-state index < -0.39 is 35.8 Å². The highest BCUT2D eigenvalue weighted by Gasteiger charge is 2.43. The van der Waals surface area contributed by atoms with Crippen molar-refractivity contribution < 1.29 is 29.1 Å². The third-order valence-corrected chi connectivity index (χ3v) is 4.47. The minimum absolute atomic E-state index is 0.0699. The molecule has 0 aromatic heterocycles. The Labute approximate surface area is 156 Å². The van der Waals surface area contributed by atoms with E-state index >= 15 is 0 Å². The molecule has 0 radical (unpaired) electrons. The number of unbranched alkanes of at least 4 members (excludes halogenated alkanes) is 1. The maximum atomic E-state index is 12.8. The van der Waals surface area contributed by atoms with Gasteiger partial charge in [0.15, 0.2) is 0 Å². The van der Waals surface area contributed by atoms with Gasteiger partial charge in [0, 0.05) is 6.42 Å². The molecule has 144 valence electrons. The summed E-state index contributed by atoms with van der Waals surface area (Å²) in [5.41, 5.74) is 0.406. The van der Waals surface area contributed by atoms with Crippen LogP contribution >= 0.6 is 0 Å². The van der Waals surface area contributed by atoms with Crippen LogP contribution in [0.1, 0.15) is 53.8 Å². The van der Waals surface area contributed by atoms with Crippen LogP contribution in [0.2, 0.25) is 0 Å². The molecule has 0 fully saturated rings. The normalized spacial score (nSPS) is 15.4. The number of carboxylic acids is 1. The number of aldehydes is 1. The van der Waals surface area contributed by atoms with Crippen LogP contribution in [0.5, 0.6) is 0 Å². The summed E-state index contributed by atoms with van der Waals surface area (Å²) in [4.78, 5) is 61.0. The molecule has 0 bridgehead atoms. The largest absolute Gasteiger partial charge is 0.480 e. The maximum absolute atomic E-state index is 12.8. The Balaban J connectivity index is 2.30. The molecule has 2 rings (SSSR count). The summed E-state index contributed by atoms with van der Waals surface area (Å²) < 4.78 is 0. The van der Waals surface area contributed by atoms with Gasteiger partial charge in [0.1, 0.15) is 18.4 Å². The molecule has 1 aliphatic heterocycles. The van der Waals surface area contributed by atoms with E-state index in [9.17, 15) is 29.1 Å². The Morgan fingerprint density at radius 1 is 1.15 bits per heavy atom. The van der Waals surface area contributed by atoms with Gasteiger partial charge in [-0.25, -0.2) is 4.79 Å². The van der Waals surface area contributed by atoms with E-state index in [0.717, 1.165) is 4.90 Å². The first-order valence-electron chi connectivity index (χ1n) is 8.73. The second-order valence-electron chi connectivity index (χ2n) is 6.71. The van der Waals surface area contributed by atoms with Gasteiger partial charge in [0.05, 0.1) is 11.1 Å². The van der Waals surface area contributed by atoms with Crippen molar-refractivity contribution in [3.05, 3.63) is 35.4 Å². The van der Waals surface area contributed by atoms with Gasteiger partial charge in [-0.3, -0.25) is 19.3 Å². The van der Waals surface area contributed by atoms with Crippen molar-refractivity contribution in [2.24, 2.45) is 5.92 Å². The van der Waals surface area contributed by atoms with Gasteiger partial charge in [-0.15, -0.1) is 0 Å². The van der Waals surface area contributed by atoms with Gasteiger partial charge in [0.2, 0.25) is 5.91 Å². The van der Waals surface area contributed by atoms with Gasteiger partial charge in [-0.1, -0.05) is 26.0 Å². The molecule has 2 N–H and O–H groups in total. The molecule has 8 heteroatoms. The van der Waals surface area contributed by atoms with E-state index in [4.69, 9.17) is 0 Å². The summed E-state index contributed by atoms with van der Waals surface area (Å²) in [6.07, 6.45) is 1.21. The number of carbonyl (C=O) groups excluding carboxylic acids is 4. The molecule has 2 atom stereocenters. The van der Waals surface area contributed by atoms with E-state index in [0.29, 0.717) is 6.29 Å². The van der Waals surface area contributed by atoms with Crippen LogP contribution < -0.4 is 5.32 Å². The highest BCUT2D eigenvalue weighted by molar-refractivity contribution is 6.22. The van der Waals surface area contributed by atoms with Crippen molar-refractivity contribution in [3.63, 3.8) is 0 Å². The summed E-state index contributed by atoms with van der Waals surface area (Å²) in [7, 11) is 0. The van der Waals surface area contributed by atoms with Gasteiger partial charge >= 0.3 is 5.97 Å². The van der Waals surface area contributed by atoms with Crippen molar-refractivity contribution in [1.82, 2.24) is 10.2 Å². The lowest BCUT2D eigenvalue weighted by Gasteiger charge is -2.27. The van der Waals surface area contributed by atoms with E-state index in [2.05, 4.69) is 5.32 Å².